The number of anilines is 1. The van der Waals surface area contributed by atoms with Crippen LogP contribution in [0, 0.1) is 6.92 Å². The third-order valence-electron chi connectivity index (χ3n) is 4.93. The lowest BCUT2D eigenvalue weighted by Gasteiger charge is -2.10. The predicted molar refractivity (Wildman–Crippen MR) is 100.0 cm³/mol. The van der Waals surface area contributed by atoms with Gasteiger partial charge in [-0.05, 0) is 25.8 Å². The summed E-state index contributed by atoms with van der Waals surface area (Å²) in [6.07, 6.45) is 6.24. The molecular formula is C19H22N6. The van der Waals surface area contributed by atoms with Gasteiger partial charge in [0.15, 0.2) is 5.65 Å². The first-order valence-corrected chi connectivity index (χ1v) is 8.72. The molecule has 1 aliphatic rings. The number of benzene rings is 1. The number of hydrogen-bond donors (Lipinski definition) is 1. The molecule has 0 amide bonds. The van der Waals surface area contributed by atoms with Crippen LogP contribution in [0.5, 0.6) is 0 Å². The first-order chi connectivity index (χ1) is 12.2. The Hall–Kier alpha value is -2.76. The van der Waals surface area contributed by atoms with Crippen molar-refractivity contribution < 1.29 is 0 Å². The van der Waals surface area contributed by atoms with Crippen LogP contribution < -0.4 is 5.73 Å². The van der Waals surface area contributed by atoms with Gasteiger partial charge < -0.3 is 5.73 Å². The van der Waals surface area contributed by atoms with Crippen LogP contribution in [0.4, 0.5) is 5.82 Å². The molecule has 0 unspecified atom stereocenters. The fraction of sp³-hybridized carbons (Fsp3) is 0.368. The van der Waals surface area contributed by atoms with Gasteiger partial charge >= 0.3 is 0 Å². The van der Waals surface area contributed by atoms with Gasteiger partial charge in [-0.2, -0.15) is 5.10 Å². The summed E-state index contributed by atoms with van der Waals surface area (Å²) < 4.78 is 2.04. The largest absolute Gasteiger partial charge is 0.383 e. The van der Waals surface area contributed by atoms with Crippen LogP contribution in [0.25, 0.3) is 11.0 Å². The topological polar surface area (TPSA) is 82.0 Å². The van der Waals surface area contributed by atoms with E-state index >= 15 is 0 Å². The van der Waals surface area contributed by atoms with Gasteiger partial charge in [-0.25, -0.2) is 14.6 Å². The molecule has 25 heavy (non-hydrogen) atoms. The first-order valence-electron chi connectivity index (χ1n) is 8.72. The Morgan fingerprint density at radius 1 is 1.24 bits per heavy atom. The second kappa shape index (κ2) is 6.27. The second-order valence-corrected chi connectivity index (χ2v) is 6.63. The summed E-state index contributed by atoms with van der Waals surface area (Å²) in [5.74, 6) is 0.457. The molecule has 2 aromatic heterocycles. The molecule has 0 aliphatic heterocycles. The molecule has 2 N–H and O–H groups in total. The van der Waals surface area contributed by atoms with Crippen LogP contribution >= 0.6 is 0 Å². The van der Waals surface area contributed by atoms with Crippen LogP contribution in [0.15, 0.2) is 35.6 Å². The first kappa shape index (κ1) is 15.7. The molecule has 1 aliphatic carbocycles. The highest BCUT2D eigenvalue weighted by Gasteiger charge is 2.26. The van der Waals surface area contributed by atoms with Crippen LogP contribution in [-0.2, 0) is 0 Å². The highest BCUT2D eigenvalue weighted by Crippen LogP contribution is 2.33. The van der Waals surface area contributed by atoms with Gasteiger partial charge in [-0.15, -0.1) is 0 Å². The molecule has 1 saturated carbocycles. The van der Waals surface area contributed by atoms with E-state index < -0.39 is 0 Å². The maximum atomic E-state index is 6.21. The van der Waals surface area contributed by atoms with Crippen molar-refractivity contribution in [2.24, 2.45) is 4.99 Å². The monoisotopic (exact) mass is 334 g/mol. The number of aryl methyl sites for hydroxylation is 1. The van der Waals surface area contributed by atoms with Gasteiger partial charge in [0.25, 0.3) is 0 Å². The normalized spacial score (nSPS) is 16.0. The SMILES string of the molecule is CN=C(c1cccc(C)c1)c1nn(C2CCCC2)c2ncnc(N)c12. The number of nitrogen functional groups attached to an aromatic ring is 1. The molecule has 0 saturated heterocycles. The molecule has 1 fully saturated rings. The number of aromatic nitrogens is 4. The Kier molecular flexibility index (Phi) is 3.95. The van der Waals surface area contributed by atoms with E-state index in [-0.39, 0.29) is 0 Å². The van der Waals surface area contributed by atoms with E-state index in [9.17, 15) is 0 Å². The van der Waals surface area contributed by atoms with Gasteiger partial charge in [0.1, 0.15) is 17.8 Å². The fourth-order valence-corrected chi connectivity index (χ4v) is 3.73. The molecule has 6 heteroatoms. The molecule has 0 radical (unpaired) electrons. The fourth-order valence-electron chi connectivity index (χ4n) is 3.73. The zero-order chi connectivity index (χ0) is 17.4. The Balaban J connectivity index is 1.94. The summed E-state index contributed by atoms with van der Waals surface area (Å²) in [5.41, 5.74) is 10.8. The average Bonchev–Trinajstić information content (AvgIpc) is 3.24. The van der Waals surface area contributed by atoms with E-state index in [1.807, 2.05) is 10.7 Å². The summed E-state index contributed by atoms with van der Waals surface area (Å²) in [6, 6.07) is 8.65. The van der Waals surface area contributed by atoms with Gasteiger partial charge in [0.2, 0.25) is 0 Å². The van der Waals surface area contributed by atoms with E-state index in [0.29, 0.717) is 11.9 Å². The third-order valence-corrected chi connectivity index (χ3v) is 4.93. The van der Waals surface area contributed by atoms with E-state index in [0.717, 1.165) is 40.8 Å². The highest BCUT2D eigenvalue weighted by molar-refractivity contribution is 6.19. The summed E-state index contributed by atoms with van der Waals surface area (Å²) in [4.78, 5) is 13.2. The summed E-state index contributed by atoms with van der Waals surface area (Å²) in [7, 11) is 1.79. The molecule has 0 atom stereocenters. The highest BCUT2D eigenvalue weighted by atomic mass is 15.3. The van der Waals surface area contributed by atoms with Crippen molar-refractivity contribution in [3.05, 3.63) is 47.4 Å². The third kappa shape index (κ3) is 2.67. The summed E-state index contributed by atoms with van der Waals surface area (Å²) >= 11 is 0. The second-order valence-electron chi connectivity index (χ2n) is 6.63. The van der Waals surface area contributed by atoms with Crippen molar-refractivity contribution in [3.63, 3.8) is 0 Å². The molecule has 0 bridgehead atoms. The van der Waals surface area contributed by atoms with E-state index in [1.54, 1.807) is 7.05 Å². The summed E-state index contributed by atoms with van der Waals surface area (Å²) in [6.45, 7) is 2.07. The van der Waals surface area contributed by atoms with E-state index in [1.165, 1.54) is 24.7 Å². The van der Waals surface area contributed by atoms with Crippen molar-refractivity contribution in [2.45, 2.75) is 38.6 Å². The maximum absolute atomic E-state index is 6.21. The Bertz CT molecular complexity index is 950. The van der Waals surface area contributed by atoms with Crippen molar-refractivity contribution in [2.75, 3.05) is 12.8 Å². The minimum atomic E-state index is 0.376. The molecule has 2 heterocycles. The average molecular weight is 334 g/mol. The number of nitrogens with two attached hydrogens (primary N) is 1. The number of hydrogen-bond acceptors (Lipinski definition) is 5. The van der Waals surface area contributed by atoms with Crippen LogP contribution in [0.2, 0.25) is 0 Å². The Morgan fingerprint density at radius 2 is 2.04 bits per heavy atom. The number of aliphatic imine (C=N–C) groups is 1. The van der Waals surface area contributed by atoms with Gasteiger partial charge in [0.05, 0.1) is 17.1 Å². The minimum Gasteiger partial charge on any atom is -0.383 e. The Morgan fingerprint density at radius 3 is 2.76 bits per heavy atom. The van der Waals surface area contributed by atoms with E-state index in [4.69, 9.17) is 10.8 Å². The van der Waals surface area contributed by atoms with Crippen molar-refractivity contribution >= 4 is 22.6 Å². The smallest absolute Gasteiger partial charge is 0.164 e. The lowest BCUT2D eigenvalue weighted by molar-refractivity contribution is 0.478. The van der Waals surface area contributed by atoms with Crippen molar-refractivity contribution in [3.8, 4) is 0 Å². The van der Waals surface area contributed by atoms with Crippen LogP contribution in [0.3, 0.4) is 0 Å². The summed E-state index contributed by atoms with van der Waals surface area (Å²) in [5, 5.41) is 5.72. The van der Waals surface area contributed by atoms with Gasteiger partial charge in [-0.3, -0.25) is 4.99 Å². The lowest BCUT2D eigenvalue weighted by atomic mass is 10.0. The van der Waals surface area contributed by atoms with Gasteiger partial charge in [-0.1, -0.05) is 36.6 Å². The van der Waals surface area contributed by atoms with Crippen molar-refractivity contribution in [1.29, 1.82) is 0 Å². The molecule has 1 aromatic carbocycles. The zero-order valence-corrected chi connectivity index (χ0v) is 14.6. The van der Waals surface area contributed by atoms with Crippen LogP contribution in [0.1, 0.15) is 48.5 Å². The Labute approximate surface area is 146 Å². The number of rotatable bonds is 3. The van der Waals surface area contributed by atoms with Crippen molar-refractivity contribution in [1.82, 2.24) is 19.7 Å². The quantitative estimate of drug-likeness (QED) is 0.745. The zero-order valence-electron chi connectivity index (χ0n) is 14.6. The standard InChI is InChI=1S/C19H22N6/c1-12-6-5-7-13(10-12)16(21-2)17-15-18(20)22-11-23-19(15)25(24-17)14-8-3-4-9-14/h5-7,10-11,14H,3-4,8-9H2,1-2H3,(H2,20,22,23). The molecule has 4 rings (SSSR count). The predicted octanol–water partition coefficient (Wildman–Crippen LogP) is 3.30. The lowest BCUT2D eigenvalue weighted by Crippen LogP contribution is -2.10. The van der Waals surface area contributed by atoms with Gasteiger partial charge in [0, 0.05) is 12.6 Å². The molecule has 6 nitrogen and oxygen atoms in total. The number of nitrogens with zero attached hydrogens (tertiary/aromatic N) is 5. The van der Waals surface area contributed by atoms with Crippen LogP contribution in [-0.4, -0.2) is 32.5 Å². The number of fused-ring (bicyclic) bond motifs is 1. The maximum Gasteiger partial charge on any atom is 0.164 e. The molecule has 128 valence electrons. The molecular weight excluding hydrogens is 312 g/mol. The van der Waals surface area contributed by atoms with E-state index in [2.05, 4.69) is 40.1 Å². The minimum absolute atomic E-state index is 0.376. The molecule has 3 aromatic rings. The molecule has 0 spiro atoms.